The van der Waals surface area contributed by atoms with Crippen LogP contribution in [0.2, 0.25) is 0 Å². The SMILES string of the molecule is O=C(O)c1ccc(Br)c(F)c1N1CC(Br)CC1=O. The van der Waals surface area contributed by atoms with E-state index in [1.807, 2.05) is 0 Å². The number of carbonyl (C=O) groups is 2. The number of carboxylic acids is 1. The fraction of sp³-hybridized carbons (Fsp3) is 0.273. The van der Waals surface area contributed by atoms with E-state index in [-0.39, 0.29) is 39.4 Å². The Kier molecular flexibility index (Phi) is 3.72. The van der Waals surface area contributed by atoms with Crippen molar-refractivity contribution in [2.24, 2.45) is 0 Å². The van der Waals surface area contributed by atoms with Crippen LogP contribution in [-0.4, -0.2) is 28.4 Å². The molecule has 1 heterocycles. The summed E-state index contributed by atoms with van der Waals surface area (Å²) in [6.07, 6.45) is 0.227. The Hall–Kier alpha value is -0.950. The van der Waals surface area contributed by atoms with Gasteiger partial charge in [-0.25, -0.2) is 9.18 Å². The summed E-state index contributed by atoms with van der Waals surface area (Å²) in [4.78, 5) is 23.9. The number of anilines is 1. The topological polar surface area (TPSA) is 57.6 Å². The summed E-state index contributed by atoms with van der Waals surface area (Å²) in [5, 5.41) is 9.06. The lowest BCUT2D eigenvalue weighted by molar-refractivity contribution is -0.117. The third-order valence-corrected chi connectivity index (χ3v) is 3.87. The second-order valence-corrected chi connectivity index (χ2v) is 6.02. The number of benzene rings is 1. The van der Waals surface area contributed by atoms with Gasteiger partial charge in [-0.1, -0.05) is 15.9 Å². The number of amides is 1. The van der Waals surface area contributed by atoms with Gasteiger partial charge in [0.25, 0.3) is 0 Å². The van der Waals surface area contributed by atoms with Gasteiger partial charge in [0.15, 0.2) is 5.82 Å². The van der Waals surface area contributed by atoms with E-state index >= 15 is 0 Å². The zero-order chi connectivity index (χ0) is 13.4. The van der Waals surface area contributed by atoms with Gasteiger partial charge in [0.1, 0.15) is 0 Å². The van der Waals surface area contributed by atoms with Crippen LogP contribution in [0.15, 0.2) is 16.6 Å². The number of aromatic carboxylic acids is 1. The molecule has 18 heavy (non-hydrogen) atoms. The minimum absolute atomic E-state index is 0.0926. The molecule has 1 atom stereocenters. The number of rotatable bonds is 2. The number of alkyl halides is 1. The van der Waals surface area contributed by atoms with E-state index in [0.717, 1.165) is 0 Å². The second-order valence-electron chi connectivity index (χ2n) is 3.87. The molecule has 4 nitrogen and oxygen atoms in total. The van der Waals surface area contributed by atoms with Crippen LogP contribution in [0.5, 0.6) is 0 Å². The molecule has 0 bridgehead atoms. The summed E-state index contributed by atoms with van der Waals surface area (Å²) >= 11 is 6.27. The van der Waals surface area contributed by atoms with Gasteiger partial charge in [-0.3, -0.25) is 4.79 Å². The highest BCUT2D eigenvalue weighted by Gasteiger charge is 2.33. The normalized spacial score (nSPS) is 19.4. The molecular weight excluding hydrogens is 373 g/mol. The lowest BCUT2D eigenvalue weighted by Gasteiger charge is -2.19. The third kappa shape index (κ3) is 2.29. The maximum atomic E-state index is 14.1. The standard InChI is InChI=1S/C11H8Br2FNO3/c12-5-3-8(16)15(4-5)10-6(11(17)18)1-2-7(13)9(10)14/h1-2,5H,3-4H2,(H,17,18). The zero-order valence-electron chi connectivity index (χ0n) is 8.99. The summed E-state index contributed by atoms with van der Waals surface area (Å²) < 4.78 is 14.2. The van der Waals surface area contributed by atoms with Gasteiger partial charge in [0.05, 0.1) is 15.7 Å². The van der Waals surface area contributed by atoms with Gasteiger partial charge in [-0.2, -0.15) is 0 Å². The van der Waals surface area contributed by atoms with Crippen LogP contribution >= 0.6 is 31.9 Å². The van der Waals surface area contributed by atoms with E-state index in [2.05, 4.69) is 31.9 Å². The Morgan fingerprint density at radius 3 is 2.67 bits per heavy atom. The average Bonchev–Trinajstić information content (AvgIpc) is 2.61. The molecule has 1 amide bonds. The van der Waals surface area contributed by atoms with E-state index in [9.17, 15) is 14.0 Å². The number of carbonyl (C=O) groups excluding carboxylic acids is 1. The highest BCUT2D eigenvalue weighted by atomic mass is 79.9. The van der Waals surface area contributed by atoms with Crippen molar-refractivity contribution in [2.75, 3.05) is 11.4 Å². The summed E-state index contributed by atoms with van der Waals surface area (Å²) in [5.41, 5.74) is -0.394. The van der Waals surface area contributed by atoms with E-state index in [1.165, 1.54) is 17.0 Å². The first-order valence-corrected chi connectivity index (χ1v) is 6.78. The van der Waals surface area contributed by atoms with Crippen LogP contribution in [0.25, 0.3) is 0 Å². The van der Waals surface area contributed by atoms with E-state index < -0.39 is 11.8 Å². The largest absolute Gasteiger partial charge is 0.478 e. The van der Waals surface area contributed by atoms with Crippen LogP contribution < -0.4 is 4.90 Å². The minimum Gasteiger partial charge on any atom is -0.478 e. The predicted molar refractivity (Wildman–Crippen MR) is 70.7 cm³/mol. The van der Waals surface area contributed by atoms with E-state index in [4.69, 9.17) is 5.11 Å². The smallest absolute Gasteiger partial charge is 0.337 e. The average molecular weight is 381 g/mol. The van der Waals surface area contributed by atoms with Crippen LogP contribution in [0, 0.1) is 5.82 Å². The molecule has 0 saturated carbocycles. The number of nitrogens with zero attached hydrogens (tertiary/aromatic N) is 1. The molecular formula is C11H8Br2FNO3. The molecule has 1 aliphatic rings. The highest BCUT2D eigenvalue weighted by molar-refractivity contribution is 9.10. The first kappa shape index (κ1) is 13.5. The maximum Gasteiger partial charge on any atom is 0.337 e. The molecule has 2 rings (SSSR count). The Morgan fingerprint density at radius 1 is 1.50 bits per heavy atom. The molecule has 1 unspecified atom stereocenters. The number of carboxylic acid groups (broad SMARTS) is 1. The molecule has 96 valence electrons. The summed E-state index contributed by atoms with van der Waals surface area (Å²) in [6, 6.07) is 2.59. The van der Waals surface area contributed by atoms with Crippen LogP contribution in [0.1, 0.15) is 16.8 Å². The van der Waals surface area contributed by atoms with Crippen molar-refractivity contribution in [1.82, 2.24) is 0 Å². The van der Waals surface area contributed by atoms with Crippen molar-refractivity contribution in [2.45, 2.75) is 11.2 Å². The highest BCUT2D eigenvalue weighted by Crippen LogP contribution is 2.34. The molecule has 1 aromatic rings. The Morgan fingerprint density at radius 2 is 2.17 bits per heavy atom. The van der Waals surface area contributed by atoms with Crippen molar-refractivity contribution < 1.29 is 19.1 Å². The maximum absolute atomic E-state index is 14.1. The van der Waals surface area contributed by atoms with E-state index in [1.54, 1.807) is 0 Å². The molecule has 1 saturated heterocycles. The molecule has 1 aliphatic heterocycles. The molecule has 0 aliphatic carbocycles. The number of hydrogen-bond acceptors (Lipinski definition) is 2. The van der Waals surface area contributed by atoms with Crippen LogP contribution in [0.3, 0.4) is 0 Å². The lowest BCUT2D eigenvalue weighted by Crippen LogP contribution is -2.28. The Labute approximate surface area is 119 Å². The molecule has 0 radical (unpaired) electrons. The molecule has 1 aromatic carbocycles. The third-order valence-electron chi connectivity index (χ3n) is 2.65. The Balaban J connectivity index is 2.58. The summed E-state index contributed by atoms with van der Waals surface area (Å²) in [7, 11) is 0. The van der Waals surface area contributed by atoms with Gasteiger partial charge in [0.2, 0.25) is 5.91 Å². The van der Waals surface area contributed by atoms with Crippen molar-refractivity contribution in [3.05, 3.63) is 28.0 Å². The monoisotopic (exact) mass is 379 g/mol. The fourth-order valence-corrected chi connectivity index (χ4v) is 2.74. The first-order valence-electron chi connectivity index (χ1n) is 5.07. The molecule has 7 heteroatoms. The first-order chi connectivity index (χ1) is 8.41. The summed E-state index contributed by atoms with van der Waals surface area (Å²) in [5.74, 6) is -2.29. The quantitative estimate of drug-likeness (QED) is 0.802. The van der Waals surface area contributed by atoms with Crippen molar-refractivity contribution >= 4 is 49.4 Å². The van der Waals surface area contributed by atoms with Crippen molar-refractivity contribution in [3.63, 3.8) is 0 Å². The van der Waals surface area contributed by atoms with Crippen LogP contribution in [0.4, 0.5) is 10.1 Å². The van der Waals surface area contributed by atoms with Crippen molar-refractivity contribution in [1.29, 1.82) is 0 Å². The fourth-order valence-electron chi connectivity index (χ4n) is 1.86. The van der Waals surface area contributed by atoms with Gasteiger partial charge in [-0.15, -0.1) is 0 Å². The zero-order valence-corrected chi connectivity index (χ0v) is 12.2. The number of halogens is 3. The van der Waals surface area contributed by atoms with E-state index in [0.29, 0.717) is 0 Å². The minimum atomic E-state index is -1.26. The molecule has 1 fully saturated rings. The molecule has 1 N–H and O–H groups in total. The predicted octanol–water partition coefficient (Wildman–Crippen LogP) is 2.79. The second kappa shape index (κ2) is 4.97. The summed E-state index contributed by atoms with van der Waals surface area (Å²) in [6.45, 7) is 0.256. The van der Waals surface area contributed by atoms with Crippen molar-refractivity contribution in [3.8, 4) is 0 Å². The van der Waals surface area contributed by atoms with Gasteiger partial charge >= 0.3 is 5.97 Å². The number of hydrogen-bond donors (Lipinski definition) is 1. The van der Waals surface area contributed by atoms with Gasteiger partial charge in [-0.05, 0) is 28.1 Å². The molecule has 0 aromatic heterocycles. The molecule has 0 spiro atoms. The van der Waals surface area contributed by atoms with Gasteiger partial charge in [0, 0.05) is 17.8 Å². The Bertz CT molecular complexity index is 535. The van der Waals surface area contributed by atoms with Crippen LogP contribution in [-0.2, 0) is 4.79 Å². The van der Waals surface area contributed by atoms with Gasteiger partial charge < -0.3 is 10.0 Å². The lowest BCUT2D eigenvalue weighted by atomic mass is 10.1.